The molecule has 1 aromatic heterocycles. The highest BCUT2D eigenvalue weighted by Gasteiger charge is 2.09. The molecule has 0 aliphatic heterocycles. The van der Waals surface area contributed by atoms with E-state index in [-0.39, 0.29) is 18.0 Å². The third-order valence-corrected chi connectivity index (χ3v) is 2.03. The predicted molar refractivity (Wildman–Crippen MR) is 58.4 cm³/mol. The van der Waals surface area contributed by atoms with Crippen molar-refractivity contribution >= 4 is 11.6 Å². The lowest BCUT2D eigenvalue weighted by molar-refractivity contribution is -0.385. The third kappa shape index (κ3) is 4.60. The van der Waals surface area contributed by atoms with E-state index in [1.165, 1.54) is 10.9 Å². The van der Waals surface area contributed by atoms with Crippen LogP contribution in [0.3, 0.4) is 0 Å². The Balaban J connectivity index is 2.29. The van der Waals surface area contributed by atoms with Crippen molar-refractivity contribution in [3.8, 4) is 0 Å². The van der Waals surface area contributed by atoms with Crippen LogP contribution in [0.15, 0.2) is 12.4 Å². The van der Waals surface area contributed by atoms with Crippen molar-refractivity contribution < 1.29 is 14.5 Å². The summed E-state index contributed by atoms with van der Waals surface area (Å²) >= 11 is 0. The average molecular weight is 242 g/mol. The number of aryl methyl sites for hydroxylation is 1. The van der Waals surface area contributed by atoms with Crippen molar-refractivity contribution in [2.24, 2.45) is 0 Å². The molecule has 0 bridgehead atoms. The molecule has 0 unspecified atom stereocenters. The van der Waals surface area contributed by atoms with Gasteiger partial charge in [-0.25, -0.2) is 0 Å². The molecule has 0 radical (unpaired) electrons. The molecule has 1 aromatic rings. The minimum absolute atomic E-state index is 0.0789. The highest BCUT2D eigenvalue weighted by molar-refractivity contribution is 5.75. The molecular formula is C9H14N4O4. The lowest BCUT2D eigenvalue weighted by atomic mass is 10.4. The summed E-state index contributed by atoms with van der Waals surface area (Å²) in [4.78, 5) is 21.2. The Bertz CT molecular complexity index is 390. The van der Waals surface area contributed by atoms with Crippen molar-refractivity contribution in [3.05, 3.63) is 22.5 Å². The maximum atomic E-state index is 11.3. The van der Waals surface area contributed by atoms with E-state index in [4.69, 9.17) is 4.74 Å². The number of carbonyl (C=O) groups excluding carboxylic acids is 1. The summed E-state index contributed by atoms with van der Waals surface area (Å²) in [5.41, 5.74) is -0.0789. The van der Waals surface area contributed by atoms with Crippen LogP contribution >= 0.6 is 0 Å². The third-order valence-electron chi connectivity index (χ3n) is 2.03. The number of nitrogens with one attached hydrogen (secondary N) is 1. The lowest BCUT2D eigenvalue weighted by Crippen LogP contribution is -2.27. The van der Waals surface area contributed by atoms with Crippen LogP contribution < -0.4 is 5.32 Å². The normalized spacial score (nSPS) is 10.2. The average Bonchev–Trinajstić information content (AvgIpc) is 2.75. The minimum Gasteiger partial charge on any atom is -0.383 e. The van der Waals surface area contributed by atoms with Crippen LogP contribution in [0.5, 0.6) is 0 Å². The molecule has 0 saturated heterocycles. The van der Waals surface area contributed by atoms with E-state index in [1.54, 1.807) is 7.11 Å². The monoisotopic (exact) mass is 242 g/mol. The van der Waals surface area contributed by atoms with Crippen LogP contribution in [0.2, 0.25) is 0 Å². The minimum atomic E-state index is -0.526. The Hall–Kier alpha value is -1.96. The van der Waals surface area contributed by atoms with Gasteiger partial charge in [0.25, 0.3) is 0 Å². The zero-order chi connectivity index (χ0) is 12.7. The van der Waals surface area contributed by atoms with E-state index in [2.05, 4.69) is 10.4 Å². The van der Waals surface area contributed by atoms with Gasteiger partial charge >= 0.3 is 5.69 Å². The second kappa shape index (κ2) is 6.59. The van der Waals surface area contributed by atoms with Gasteiger partial charge in [-0.3, -0.25) is 19.6 Å². The molecule has 8 heteroatoms. The van der Waals surface area contributed by atoms with E-state index >= 15 is 0 Å². The largest absolute Gasteiger partial charge is 0.383 e. The number of methoxy groups -OCH3 is 1. The Kier molecular flexibility index (Phi) is 5.08. The number of ether oxygens (including phenoxy) is 1. The smallest absolute Gasteiger partial charge is 0.306 e. The van der Waals surface area contributed by atoms with Crippen molar-refractivity contribution in [2.45, 2.75) is 13.0 Å². The summed E-state index contributed by atoms with van der Waals surface area (Å²) < 4.78 is 6.15. The van der Waals surface area contributed by atoms with Gasteiger partial charge in [-0.2, -0.15) is 5.10 Å². The number of hydrogen-bond donors (Lipinski definition) is 1. The molecular weight excluding hydrogens is 228 g/mol. The quantitative estimate of drug-likeness (QED) is 0.410. The first-order chi connectivity index (χ1) is 8.13. The second-order valence-corrected chi connectivity index (χ2v) is 3.31. The molecule has 0 spiro atoms. The number of amides is 1. The fourth-order valence-corrected chi connectivity index (χ4v) is 1.17. The molecule has 1 N–H and O–H groups in total. The summed E-state index contributed by atoms with van der Waals surface area (Å²) in [7, 11) is 1.55. The van der Waals surface area contributed by atoms with Crippen LogP contribution in [0, 0.1) is 10.1 Å². The molecule has 94 valence electrons. The number of carbonyl (C=O) groups is 1. The SMILES string of the molecule is COCCNC(=O)CCn1cc([N+](=O)[O-])cn1. The maximum Gasteiger partial charge on any atom is 0.306 e. The second-order valence-electron chi connectivity index (χ2n) is 3.31. The van der Waals surface area contributed by atoms with Gasteiger partial charge in [-0.1, -0.05) is 0 Å². The summed E-state index contributed by atoms with van der Waals surface area (Å²) in [6, 6.07) is 0. The van der Waals surface area contributed by atoms with Gasteiger partial charge in [0, 0.05) is 26.6 Å². The Morgan fingerprint density at radius 1 is 1.71 bits per heavy atom. The first-order valence-corrected chi connectivity index (χ1v) is 5.06. The van der Waals surface area contributed by atoms with Gasteiger partial charge < -0.3 is 10.1 Å². The molecule has 0 fully saturated rings. The molecule has 1 rings (SSSR count). The Morgan fingerprint density at radius 3 is 3.06 bits per heavy atom. The van der Waals surface area contributed by atoms with Gasteiger partial charge in [-0.05, 0) is 0 Å². The molecule has 17 heavy (non-hydrogen) atoms. The highest BCUT2D eigenvalue weighted by Crippen LogP contribution is 2.07. The van der Waals surface area contributed by atoms with Crippen LogP contribution in [-0.2, 0) is 16.1 Å². The number of rotatable bonds is 7. The van der Waals surface area contributed by atoms with Crippen molar-refractivity contribution in [1.29, 1.82) is 0 Å². The van der Waals surface area contributed by atoms with Gasteiger partial charge in [-0.15, -0.1) is 0 Å². The fourth-order valence-electron chi connectivity index (χ4n) is 1.17. The summed E-state index contributed by atoms with van der Waals surface area (Å²) in [5, 5.41) is 16.8. The van der Waals surface area contributed by atoms with Crippen LogP contribution in [0.4, 0.5) is 5.69 Å². The summed E-state index contributed by atoms with van der Waals surface area (Å²) in [6.07, 6.45) is 2.67. The fraction of sp³-hybridized carbons (Fsp3) is 0.556. The molecule has 8 nitrogen and oxygen atoms in total. The van der Waals surface area contributed by atoms with Gasteiger partial charge in [0.1, 0.15) is 12.4 Å². The van der Waals surface area contributed by atoms with E-state index < -0.39 is 4.92 Å². The molecule has 0 atom stereocenters. The van der Waals surface area contributed by atoms with E-state index in [1.807, 2.05) is 0 Å². The number of aromatic nitrogens is 2. The Morgan fingerprint density at radius 2 is 2.47 bits per heavy atom. The number of nitro groups is 1. The van der Waals surface area contributed by atoms with Gasteiger partial charge in [0.2, 0.25) is 5.91 Å². The first-order valence-electron chi connectivity index (χ1n) is 5.06. The topological polar surface area (TPSA) is 99.3 Å². The Labute approximate surface area is 97.7 Å². The molecule has 0 saturated carbocycles. The van der Waals surface area contributed by atoms with Crippen molar-refractivity contribution in [2.75, 3.05) is 20.3 Å². The summed E-state index contributed by atoms with van der Waals surface area (Å²) in [5.74, 6) is -0.139. The molecule has 0 aliphatic carbocycles. The van der Waals surface area contributed by atoms with Crippen LogP contribution in [0.1, 0.15) is 6.42 Å². The van der Waals surface area contributed by atoms with E-state index in [0.717, 1.165) is 6.20 Å². The van der Waals surface area contributed by atoms with E-state index in [9.17, 15) is 14.9 Å². The zero-order valence-corrected chi connectivity index (χ0v) is 9.46. The molecule has 1 amide bonds. The van der Waals surface area contributed by atoms with E-state index in [0.29, 0.717) is 19.7 Å². The lowest BCUT2D eigenvalue weighted by Gasteiger charge is -2.03. The summed E-state index contributed by atoms with van der Waals surface area (Å²) in [6.45, 7) is 1.22. The van der Waals surface area contributed by atoms with Crippen molar-refractivity contribution in [1.82, 2.24) is 15.1 Å². The molecule has 1 heterocycles. The maximum absolute atomic E-state index is 11.3. The first kappa shape index (κ1) is 13.1. The van der Waals surface area contributed by atoms with Crippen molar-refractivity contribution in [3.63, 3.8) is 0 Å². The molecule has 0 aromatic carbocycles. The zero-order valence-electron chi connectivity index (χ0n) is 9.46. The molecule has 0 aliphatic rings. The van der Waals surface area contributed by atoms with Crippen LogP contribution in [0.25, 0.3) is 0 Å². The van der Waals surface area contributed by atoms with Crippen LogP contribution in [-0.4, -0.2) is 40.9 Å². The standard InChI is InChI=1S/C9H14N4O4/c1-17-5-3-10-9(14)2-4-12-7-8(6-11-12)13(15)16/h6-7H,2-5H2,1H3,(H,10,14). The van der Waals surface area contributed by atoms with Gasteiger partial charge in [0.05, 0.1) is 11.5 Å². The van der Waals surface area contributed by atoms with Gasteiger partial charge in [0.15, 0.2) is 0 Å². The number of nitrogens with zero attached hydrogens (tertiary/aromatic N) is 3. The highest BCUT2D eigenvalue weighted by atomic mass is 16.6. The predicted octanol–water partition coefficient (Wildman–Crippen LogP) is -0.0560. The number of hydrogen-bond acceptors (Lipinski definition) is 5.